The number of nitrogens with one attached hydrogen (secondary N) is 3. The molecule has 2 aromatic carbocycles. The summed E-state index contributed by atoms with van der Waals surface area (Å²) >= 11 is 0. The zero-order valence-corrected chi connectivity index (χ0v) is 13.8. The van der Waals surface area contributed by atoms with E-state index in [2.05, 4.69) is 20.8 Å². The van der Waals surface area contributed by atoms with Crippen molar-refractivity contribution < 1.29 is 14.4 Å². The molecule has 4 rings (SSSR count). The molecule has 1 aromatic heterocycles. The Balaban J connectivity index is 1.43. The molecule has 0 bridgehead atoms. The summed E-state index contributed by atoms with van der Waals surface area (Å²) in [6.07, 6.45) is 2.42. The lowest BCUT2D eigenvalue weighted by Gasteiger charge is -2.08. The number of benzene rings is 2. The van der Waals surface area contributed by atoms with Gasteiger partial charge in [-0.2, -0.15) is 5.10 Å². The van der Waals surface area contributed by atoms with Crippen molar-refractivity contribution >= 4 is 34.3 Å². The summed E-state index contributed by atoms with van der Waals surface area (Å²) in [7, 11) is 0. The molecular formula is C19H16N4O3. The Morgan fingerprint density at radius 1 is 1.15 bits per heavy atom. The minimum absolute atomic E-state index is 0.218. The van der Waals surface area contributed by atoms with Crippen LogP contribution in [0.2, 0.25) is 0 Å². The Morgan fingerprint density at radius 3 is 2.69 bits per heavy atom. The molecule has 1 fully saturated rings. The van der Waals surface area contributed by atoms with Crippen molar-refractivity contribution in [2.24, 2.45) is 5.92 Å². The number of carbonyl (C=O) groups excluding carboxylic acids is 3. The van der Waals surface area contributed by atoms with Gasteiger partial charge in [-0.1, -0.05) is 12.1 Å². The molecule has 26 heavy (non-hydrogen) atoms. The van der Waals surface area contributed by atoms with Crippen molar-refractivity contribution in [3.63, 3.8) is 0 Å². The van der Waals surface area contributed by atoms with E-state index in [0.29, 0.717) is 17.7 Å². The zero-order valence-electron chi connectivity index (χ0n) is 13.8. The van der Waals surface area contributed by atoms with E-state index in [0.717, 1.165) is 16.5 Å². The van der Waals surface area contributed by atoms with Crippen LogP contribution in [-0.2, 0) is 16.0 Å². The van der Waals surface area contributed by atoms with Crippen LogP contribution in [0.1, 0.15) is 22.3 Å². The second kappa shape index (κ2) is 6.44. The molecule has 0 spiro atoms. The van der Waals surface area contributed by atoms with Gasteiger partial charge in [0.2, 0.25) is 11.8 Å². The first-order chi connectivity index (χ1) is 12.6. The molecule has 0 saturated carbocycles. The number of carbonyl (C=O) groups is 3. The van der Waals surface area contributed by atoms with Crippen molar-refractivity contribution in [3.8, 4) is 0 Å². The highest BCUT2D eigenvalue weighted by Crippen LogP contribution is 2.19. The highest BCUT2D eigenvalue weighted by atomic mass is 16.2. The minimum Gasteiger partial charge on any atom is -0.322 e. The van der Waals surface area contributed by atoms with Crippen molar-refractivity contribution in [1.82, 2.24) is 15.5 Å². The van der Waals surface area contributed by atoms with Crippen molar-refractivity contribution in [3.05, 3.63) is 59.8 Å². The van der Waals surface area contributed by atoms with Crippen LogP contribution in [-0.4, -0.2) is 27.9 Å². The summed E-state index contributed by atoms with van der Waals surface area (Å²) in [4.78, 5) is 35.3. The van der Waals surface area contributed by atoms with Gasteiger partial charge in [0.05, 0.1) is 17.6 Å². The molecule has 3 amide bonds. The lowest BCUT2D eigenvalue weighted by molar-refractivity contribution is -0.125. The van der Waals surface area contributed by atoms with Crippen LogP contribution in [0.5, 0.6) is 0 Å². The van der Waals surface area contributed by atoms with Gasteiger partial charge in [-0.25, -0.2) is 0 Å². The van der Waals surface area contributed by atoms with Crippen LogP contribution in [0, 0.1) is 5.92 Å². The summed E-state index contributed by atoms with van der Waals surface area (Å²) in [5.41, 5.74) is 2.96. The first-order valence-corrected chi connectivity index (χ1v) is 8.25. The number of hydrogen-bond donors (Lipinski definition) is 3. The Bertz CT molecular complexity index is 1010. The maximum Gasteiger partial charge on any atom is 0.255 e. The summed E-state index contributed by atoms with van der Waals surface area (Å²) in [5.74, 6) is -1.01. The largest absolute Gasteiger partial charge is 0.322 e. The minimum atomic E-state index is -0.330. The first kappa shape index (κ1) is 16.0. The third-order valence-corrected chi connectivity index (χ3v) is 4.46. The number of H-pyrrole nitrogens is 1. The number of anilines is 1. The highest BCUT2D eigenvalue weighted by Gasteiger charge is 2.30. The van der Waals surface area contributed by atoms with E-state index in [1.54, 1.807) is 18.3 Å². The number of amides is 3. The van der Waals surface area contributed by atoms with Crippen LogP contribution in [0.25, 0.3) is 10.9 Å². The molecule has 1 atom stereocenters. The van der Waals surface area contributed by atoms with E-state index in [9.17, 15) is 14.4 Å². The summed E-state index contributed by atoms with van der Waals surface area (Å²) < 4.78 is 0. The van der Waals surface area contributed by atoms with E-state index < -0.39 is 0 Å². The number of fused-ring (bicyclic) bond motifs is 1. The van der Waals surface area contributed by atoms with Crippen molar-refractivity contribution in [2.45, 2.75) is 12.8 Å². The van der Waals surface area contributed by atoms with Gasteiger partial charge in [0.15, 0.2) is 0 Å². The number of aromatic amines is 1. The summed E-state index contributed by atoms with van der Waals surface area (Å²) in [6.45, 7) is 0. The van der Waals surface area contributed by atoms with Gasteiger partial charge in [0.1, 0.15) is 0 Å². The fourth-order valence-corrected chi connectivity index (χ4v) is 3.07. The third-order valence-electron chi connectivity index (χ3n) is 4.46. The van der Waals surface area contributed by atoms with Crippen LogP contribution >= 0.6 is 0 Å². The fraction of sp³-hybridized carbons (Fsp3) is 0.158. The SMILES string of the molecule is O=C1CC(Cc2ccc(C(=O)Nc3ccc4cn[nH]c4c3)cc2)C(=O)N1. The van der Waals surface area contributed by atoms with E-state index in [1.165, 1.54) is 0 Å². The normalized spacial score (nSPS) is 16.7. The average molecular weight is 348 g/mol. The Labute approximate surface area is 148 Å². The molecule has 2 heterocycles. The van der Waals surface area contributed by atoms with E-state index in [4.69, 9.17) is 0 Å². The first-order valence-electron chi connectivity index (χ1n) is 8.25. The molecule has 3 aromatic rings. The second-order valence-corrected chi connectivity index (χ2v) is 6.34. The number of nitrogens with zero attached hydrogens (tertiary/aromatic N) is 1. The van der Waals surface area contributed by atoms with Crippen LogP contribution in [0.3, 0.4) is 0 Å². The predicted octanol–water partition coefficient (Wildman–Crippen LogP) is 2.02. The molecular weight excluding hydrogens is 332 g/mol. The molecule has 7 nitrogen and oxygen atoms in total. The van der Waals surface area contributed by atoms with Gasteiger partial charge in [-0.3, -0.25) is 24.8 Å². The maximum atomic E-state index is 12.4. The third kappa shape index (κ3) is 3.19. The van der Waals surface area contributed by atoms with Crippen molar-refractivity contribution in [1.29, 1.82) is 0 Å². The predicted molar refractivity (Wildman–Crippen MR) is 95.4 cm³/mol. The molecule has 130 valence electrons. The number of hydrogen-bond acceptors (Lipinski definition) is 4. The molecule has 1 saturated heterocycles. The highest BCUT2D eigenvalue weighted by molar-refractivity contribution is 6.05. The van der Waals surface area contributed by atoms with Gasteiger partial charge in [0.25, 0.3) is 5.91 Å². The fourth-order valence-electron chi connectivity index (χ4n) is 3.07. The molecule has 1 unspecified atom stereocenters. The molecule has 0 aliphatic carbocycles. The lowest BCUT2D eigenvalue weighted by Crippen LogP contribution is -2.22. The second-order valence-electron chi connectivity index (χ2n) is 6.34. The monoisotopic (exact) mass is 348 g/mol. The smallest absolute Gasteiger partial charge is 0.255 e. The number of imide groups is 1. The van der Waals surface area contributed by atoms with Gasteiger partial charge < -0.3 is 5.32 Å². The number of aromatic nitrogens is 2. The van der Waals surface area contributed by atoms with Gasteiger partial charge in [-0.05, 0) is 42.3 Å². The van der Waals surface area contributed by atoms with Crippen molar-refractivity contribution in [2.75, 3.05) is 5.32 Å². The van der Waals surface area contributed by atoms with Gasteiger partial charge >= 0.3 is 0 Å². The van der Waals surface area contributed by atoms with Crippen LogP contribution in [0.15, 0.2) is 48.7 Å². The Kier molecular flexibility index (Phi) is 3.96. The molecule has 1 aliphatic heterocycles. The topological polar surface area (TPSA) is 104 Å². The van der Waals surface area contributed by atoms with Crippen LogP contribution in [0.4, 0.5) is 5.69 Å². The van der Waals surface area contributed by atoms with Crippen LogP contribution < -0.4 is 10.6 Å². The Morgan fingerprint density at radius 2 is 1.96 bits per heavy atom. The summed E-state index contributed by atoms with van der Waals surface area (Å²) in [5, 5.41) is 12.9. The molecule has 7 heteroatoms. The maximum absolute atomic E-state index is 12.4. The van der Waals surface area contributed by atoms with E-state index >= 15 is 0 Å². The lowest BCUT2D eigenvalue weighted by atomic mass is 9.97. The Hall–Kier alpha value is -3.48. The average Bonchev–Trinajstić information content (AvgIpc) is 3.21. The standard InChI is InChI=1S/C19H16N4O3/c24-17-8-14(19(26)22-17)7-11-1-3-12(4-2-11)18(25)21-15-6-5-13-10-20-23-16(13)9-15/h1-6,9-10,14H,7-8H2,(H,20,23)(H,21,25)(H,22,24,26). The van der Waals surface area contributed by atoms with E-state index in [1.807, 2.05) is 30.3 Å². The van der Waals surface area contributed by atoms with Gasteiger partial charge in [-0.15, -0.1) is 0 Å². The number of rotatable bonds is 4. The quantitative estimate of drug-likeness (QED) is 0.628. The molecule has 3 N–H and O–H groups in total. The van der Waals surface area contributed by atoms with Gasteiger partial charge in [0, 0.05) is 23.1 Å². The molecule has 1 aliphatic rings. The van der Waals surface area contributed by atoms with E-state index in [-0.39, 0.29) is 30.1 Å². The molecule has 0 radical (unpaired) electrons. The zero-order chi connectivity index (χ0) is 18.1. The summed E-state index contributed by atoms with van der Waals surface area (Å²) in [6, 6.07) is 12.6.